The number of carbonyl (C=O) groups is 2. The van der Waals surface area contributed by atoms with E-state index in [0.29, 0.717) is 29.4 Å². The van der Waals surface area contributed by atoms with E-state index in [4.69, 9.17) is 0 Å². The number of hydrogen-bond donors (Lipinski definition) is 3. The number of carbonyl (C=O) groups excluding carboxylic acids is 2. The van der Waals surface area contributed by atoms with Gasteiger partial charge in [-0.2, -0.15) is 0 Å². The lowest BCUT2D eigenvalue weighted by Crippen LogP contribution is -2.35. The van der Waals surface area contributed by atoms with E-state index in [2.05, 4.69) is 27.8 Å². The molecule has 0 radical (unpaired) electrons. The molecule has 0 atom stereocenters. The molecule has 9 heteroatoms. The third-order valence-corrected chi connectivity index (χ3v) is 6.50. The molecule has 0 bridgehead atoms. The van der Waals surface area contributed by atoms with Crippen LogP contribution in [-0.2, 0) is 6.42 Å². The van der Waals surface area contributed by atoms with Crippen LogP contribution in [0.2, 0.25) is 0 Å². The summed E-state index contributed by atoms with van der Waals surface area (Å²) in [5.41, 5.74) is 3.34. The van der Waals surface area contributed by atoms with Crippen LogP contribution in [0, 0.1) is 16.0 Å². The summed E-state index contributed by atoms with van der Waals surface area (Å²) in [6, 6.07) is 20.4. The predicted molar refractivity (Wildman–Crippen MR) is 145 cm³/mol. The molecule has 0 aromatic heterocycles. The third-order valence-electron chi connectivity index (χ3n) is 6.50. The van der Waals surface area contributed by atoms with Gasteiger partial charge in [-0.3, -0.25) is 14.9 Å². The van der Waals surface area contributed by atoms with E-state index in [1.807, 2.05) is 36.4 Å². The van der Waals surface area contributed by atoms with E-state index in [1.165, 1.54) is 24.3 Å². The Morgan fingerprint density at radius 1 is 0.946 bits per heavy atom. The van der Waals surface area contributed by atoms with Crippen LogP contribution in [0.25, 0.3) is 0 Å². The first kappa shape index (κ1) is 25.7. The topological polar surface area (TPSA) is 117 Å². The maximum absolute atomic E-state index is 13.3. The Morgan fingerprint density at radius 2 is 1.59 bits per heavy atom. The molecule has 1 saturated heterocycles. The molecule has 1 aliphatic rings. The maximum Gasteiger partial charge on any atom is 0.323 e. The second-order valence-electron chi connectivity index (χ2n) is 9.28. The van der Waals surface area contributed by atoms with E-state index >= 15 is 0 Å². The van der Waals surface area contributed by atoms with Crippen molar-refractivity contribution in [2.24, 2.45) is 5.92 Å². The number of anilines is 3. The molecular formula is C28H31N5O4. The van der Waals surface area contributed by atoms with E-state index in [-0.39, 0.29) is 11.6 Å². The quantitative estimate of drug-likeness (QED) is 0.280. The van der Waals surface area contributed by atoms with Gasteiger partial charge < -0.3 is 20.9 Å². The SMILES string of the molecule is CC1CCN(c2ccc(NC(=O)Nc3ccc([N+](=O)[O-])cc3)cc2C(=O)NCCc2ccccc2)CC1. The predicted octanol–water partition coefficient (Wildman–Crippen LogP) is 5.45. The van der Waals surface area contributed by atoms with Crippen LogP contribution in [0.4, 0.5) is 27.5 Å². The molecule has 3 aromatic rings. The summed E-state index contributed by atoms with van der Waals surface area (Å²) >= 11 is 0. The number of non-ortho nitro benzene ring substituents is 1. The normalized spacial score (nSPS) is 13.6. The van der Waals surface area contributed by atoms with Gasteiger partial charge in [0, 0.05) is 48.8 Å². The van der Waals surface area contributed by atoms with Crippen molar-refractivity contribution in [2.45, 2.75) is 26.2 Å². The fraction of sp³-hybridized carbons (Fsp3) is 0.286. The highest BCUT2D eigenvalue weighted by Gasteiger charge is 2.22. The number of benzene rings is 3. The zero-order chi connectivity index (χ0) is 26.2. The van der Waals surface area contributed by atoms with Crippen molar-refractivity contribution in [3.05, 3.63) is 94.0 Å². The van der Waals surface area contributed by atoms with E-state index in [9.17, 15) is 19.7 Å². The summed E-state index contributed by atoms with van der Waals surface area (Å²) in [7, 11) is 0. The van der Waals surface area contributed by atoms with Crippen molar-refractivity contribution in [1.82, 2.24) is 5.32 Å². The van der Waals surface area contributed by atoms with Crippen molar-refractivity contribution < 1.29 is 14.5 Å². The second-order valence-corrected chi connectivity index (χ2v) is 9.28. The first-order chi connectivity index (χ1) is 17.9. The molecule has 3 amide bonds. The maximum atomic E-state index is 13.3. The summed E-state index contributed by atoms with van der Waals surface area (Å²) in [6.07, 6.45) is 2.85. The molecule has 192 valence electrons. The zero-order valence-electron chi connectivity index (χ0n) is 20.8. The van der Waals surface area contributed by atoms with Crippen LogP contribution in [-0.4, -0.2) is 36.5 Å². The fourth-order valence-electron chi connectivity index (χ4n) is 4.34. The summed E-state index contributed by atoms with van der Waals surface area (Å²) in [6.45, 7) is 4.49. The number of nitro groups is 1. The highest BCUT2D eigenvalue weighted by molar-refractivity contribution is 6.04. The third kappa shape index (κ3) is 7.07. The van der Waals surface area contributed by atoms with Crippen LogP contribution in [0.5, 0.6) is 0 Å². The van der Waals surface area contributed by atoms with E-state index in [0.717, 1.165) is 43.6 Å². The van der Waals surface area contributed by atoms with Crippen LogP contribution >= 0.6 is 0 Å². The van der Waals surface area contributed by atoms with Crippen molar-refractivity contribution >= 4 is 34.7 Å². The number of hydrogen-bond acceptors (Lipinski definition) is 5. The van der Waals surface area contributed by atoms with Gasteiger partial charge >= 0.3 is 6.03 Å². The van der Waals surface area contributed by atoms with Crippen molar-refractivity contribution in [2.75, 3.05) is 35.2 Å². The van der Waals surface area contributed by atoms with Gasteiger partial charge in [0.1, 0.15) is 0 Å². The van der Waals surface area contributed by atoms with Gasteiger partial charge in [-0.05, 0) is 61.1 Å². The molecule has 0 aliphatic carbocycles. The minimum Gasteiger partial charge on any atom is -0.371 e. The Hall–Kier alpha value is -4.40. The number of amides is 3. The molecule has 1 aliphatic heterocycles. The number of nitro benzene ring substituents is 1. The van der Waals surface area contributed by atoms with Gasteiger partial charge in [0.15, 0.2) is 0 Å². The molecule has 0 spiro atoms. The summed E-state index contributed by atoms with van der Waals surface area (Å²) in [5.74, 6) is 0.465. The lowest BCUT2D eigenvalue weighted by molar-refractivity contribution is -0.384. The highest BCUT2D eigenvalue weighted by Crippen LogP contribution is 2.29. The van der Waals surface area contributed by atoms with Gasteiger partial charge in [0.2, 0.25) is 0 Å². The molecule has 1 fully saturated rings. The van der Waals surface area contributed by atoms with Gasteiger partial charge in [0.25, 0.3) is 11.6 Å². The molecule has 37 heavy (non-hydrogen) atoms. The van der Waals surface area contributed by atoms with Gasteiger partial charge in [-0.1, -0.05) is 37.3 Å². The second kappa shape index (κ2) is 12.0. The summed E-state index contributed by atoms with van der Waals surface area (Å²) in [5, 5.41) is 19.3. The molecule has 0 unspecified atom stereocenters. The Bertz CT molecular complexity index is 1240. The first-order valence-electron chi connectivity index (χ1n) is 12.4. The number of nitrogens with zero attached hydrogens (tertiary/aromatic N) is 2. The Morgan fingerprint density at radius 3 is 2.27 bits per heavy atom. The minimum atomic E-state index is -0.510. The molecule has 4 rings (SSSR count). The number of urea groups is 1. The standard InChI is InChI=1S/C28H31N5O4/c1-20-14-17-32(18-15-20)26-12-9-23(31-28(35)30-22-7-10-24(11-8-22)33(36)37)19-25(26)27(34)29-16-13-21-5-3-2-4-6-21/h2-12,19-20H,13-18H2,1H3,(H,29,34)(H2,30,31,35). The van der Waals surface area contributed by atoms with Crippen molar-refractivity contribution in [1.29, 1.82) is 0 Å². The Labute approximate surface area is 216 Å². The van der Waals surface area contributed by atoms with E-state index in [1.54, 1.807) is 12.1 Å². The van der Waals surface area contributed by atoms with Gasteiger partial charge in [-0.15, -0.1) is 0 Å². The Kier molecular flexibility index (Phi) is 8.35. The molecule has 3 aromatic carbocycles. The van der Waals surface area contributed by atoms with Crippen LogP contribution < -0.4 is 20.9 Å². The fourth-order valence-corrected chi connectivity index (χ4v) is 4.34. The number of nitrogens with one attached hydrogen (secondary N) is 3. The number of rotatable bonds is 8. The highest BCUT2D eigenvalue weighted by atomic mass is 16.6. The Balaban J connectivity index is 1.46. The van der Waals surface area contributed by atoms with E-state index < -0.39 is 11.0 Å². The summed E-state index contributed by atoms with van der Waals surface area (Å²) < 4.78 is 0. The molecular weight excluding hydrogens is 470 g/mol. The first-order valence-corrected chi connectivity index (χ1v) is 12.4. The lowest BCUT2D eigenvalue weighted by atomic mass is 9.97. The van der Waals surface area contributed by atoms with Crippen molar-refractivity contribution in [3.8, 4) is 0 Å². The smallest absolute Gasteiger partial charge is 0.323 e. The van der Waals surface area contributed by atoms with Gasteiger partial charge in [0.05, 0.1) is 10.5 Å². The zero-order valence-corrected chi connectivity index (χ0v) is 20.8. The number of piperidine rings is 1. The molecule has 1 heterocycles. The average Bonchev–Trinajstić information content (AvgIpc) is 2.90. The summed E-state index contributed by atoms with van der Waals surface area (Å²) in [4.78, 5) is 38.4. The molecule has 0 saturated carbocycles. The van der Waals surface area contributed by atoms with Crippen LogP contribution in [0.3, 0.4) is 0 Å². The van der Waals surface area contributed by atoms with Crippen LogP contribution in [0.1, 0.15) is 35.7 Å². The largest absolute Gasteiger partial charge is 0.371 e. The van der Waals surface area contributed by atoms with Crippen LogP contribution in [0.15, 0.2) is 72.8 Å². The van der Waals surface area contributed by atoms with Gasteiger partial charge in [-0.25, -0.2) is 4.79 Å². The monoisotopic (exact) mass is 501 g/mol. The minimum absolute atomic E-state index is 0.0587. The molecule has 9 nitrogen and oxygen atoms in total. The lowest BCUT2D eigenvalue weighted by Gasteiger charge is -2.33. The van der Waals surface area contributed by atoms with Crippen molar-refractivity contribution in [3.63, 3.8) is 0 Å². The molecule has 3 N–H and O–H groups in total. The average molecular weight is 502 g/mol.